The first kappa shape index (κ1) is 17.4. The summed E-state index contributed by atoms with van der Waals surface area (Å²) in [6, 6.07) is 0. The van der Waals surface area contributed by atoms with Crippen LogP contribution in [-0.4, -0.2) is 27.0 Å². The Kier molecular flexibility index (Phi) is 7.54. The highest BCUT2D eigenvalue weighted by molar-refractivity contribution is 7.86. The van der Waals surface area contributed by atoms with Crippen molar-refractivity contribution in [1.82, 2.24) is 0 Å². The zero-order valence-electron chi connectivity index (χ0n) is 10.5. The molecule has 3 nitrogen and oxygen atoms in total. The standard InChI is InChI=1S/C11H19F3O3S/c1-3-4-5-6-7-8-9-10(11(12,13)14)17-18(2,15)16/h8-10H,3-7H2,1-2H3/b9-8-/t10-/m0/s1. The van der Waals surface area contributed by atoms with Crippen LogP contribution in [-0.2, 0) is 14.3 Å². The largest absolute Gasteiger partial charge is 0.419 e. The van der Waals surface area contributed by atoms with Crippen LogP contribution in [0.1, 0.15) is 39.0 Å². The molecule has 0 saturated carbocycles. The minimum absolute atomic E-state index is 0.486. The molecule has 0 heterocycles. The number of halogens is 3. The van der Waals surface area contributed by atoms with Gasteiger partial charge in [-0.05, 0) is 18.9 Å². The maximum absolute atomic E-state index is 12.4. The number of unbranched alkanes of at least 4 members (excludes halogenated alkanes) is 4. The summed E-state index contributed by atoms with van der Waals surface area (Å²) in [6.45, 7) is 2.04. The van der Waals surface area contributed by atoms with Crippen molar-refractivity contribution in [2.24, 2.45) is 0 Å². The molecule has 0 aliphatic heterocycles. The summed E-state index contributed by atoms with van der Waals surface area (Å²) in [5.74, 6) is 0. The predicted molar refractivity (Wildman–Crippen MR) is 63.7 cm³/mol. The van der Waals surface area contributed by atoms with Gasteiger partial charge in [0.2, 0.25) is 0 Å². The Balaban J connectivity index is 4.30. The molecule has 0 aromatic rings. The van der Waals surface area contributed by atoms with Crippen LogP contribution < -0.4 is 0 Å². The van der Waals surface area contributed by atoms with Crippen molar-refractivity contribution in [3.8, 4) is 0 Å². The van der Waals surface area contributed by atoms with E-state index in [9.17, 15) is 21.6 Å². The van der Waals surface area contributed by atoms with Crippen LogP contribution in [0.5, 0.6) is 0 Å². The number of alkyl halides is 3. The maximum atomic E-state index is 12.4. The molecule has 0 aromatic carbocycles. The van der Waals surface area contributed by atoms with Crippen molar-refractivity contribution in [2.45, 2.75) is 51.3 Å². The van der Waals surface area contributed by atoms with Gasteiger partial charge in [0.25, 0.3) is 10.1 Å². The molecule has 0 bridgehead atoms. The van der Waals surface area contributed by atoms with Gasteiger partial charge in [-0.25, -0.2) is 0 Å². The molecule has 0 fully saturated rings. The summed E-state index contributed by atoms with van der Waals surface area (Å²) in [7, 11) is -4.13. The molecule has 108 valence electrons. The SMILES string of the molecule is CCCCCC/C=C\[C@H](OS(C)(=O)=O)C(F)(F)F. The van der Waals surface area contributed by atoms with E-state index in [2.05, 4.69) is 4.18 Å². The summed E-state index contributed by atoms with van der Waals surface area (Å²) >= 11 is 0. The predicted octanol–water partition coefficient (Wildman–Crippen LogP) is 3.42. The minimum Gasteiger partial charge on any atom is -0.253 e. The third kappa shape index (κ3) is 9.47. The molecular formula is C11H19F3O3S. The highest BCUT2D eigenvalue weighted by Crippen LogP contribution is 2.25. The van der Waals surface area contributed by atoms with Crippen molar-refractivity contribution in [3.05, 3.63) is 12.2 Å². The lowest BCUT2D eigenvalue weighted by Crippen LogP contribution is -2.31. The van der Waals surface area contributed by atoms with Crippen molar-refractivity contribution in [3.63, 3.8) is 0 Å². The van der Waals surface area contributed by atoms with Gasteiger partial charge in [-0.15, -0.1) is 0 Å². The maximum Gasteiger partial charge on any atom is 0.419 e. The normalized spacial score (nSPS) is 15.2. The summed E-state index contributed by atoms with van der Waals surface area (Å²) in [5, 5.41) is 0. The van der Waals surface area contributed by atoms with Gasteiger partial charge in [0.1, 0.15) is 0 Å². The fourth-order valence-corrected chi connectivity index (χ4v) is 1.84. The van der Waals surface area contributed by atoms with E-state index in [4.69, 9.17) is 0 Å². The summed E-state index contributed by atoms with van der Waals surface area (Å²) in [6.07, 6.45) is -0.130. The quantitative estimate of drug-likeness (QED) is 0.390. The second kappa shape index (κ2) is 7.78. The first-order valence-electron chi connectivity index (χ1n) is 5.78. The van der Waals surface area contributed by atoms with Crippen LogP contribution >= 0.6 is 0 Å². The van der Waals surface area contributed by atoms with Gasteiger partial charge >= 0.3 is 6.18 Å². The van der Waals surface area contributed by atoms with E-state index < -0.39 is 22.4 Å². The lowest BCUT2D eigenvalue weighted by atomic mass is 10.1. The first-order chi connectivity index (χ1) is 8.17. The Labute approximate surface area is 106 Å². The Bertz CT molecular complexity index is 347. The van der Waals surface area contributed by atoms with Gasteiger partial charge in [0, 0.05) is 0 Å². The fourth-order valence-electron chi connectivity index (χ4n) is 1.29. The molecule has 0 rings (SSSR count). The van der Waals surface area contributed by atoms with Crippen LogP contribution in [0.3, 0.4) is 0 Å². The van der Waals surface area contributed by atoms with Crippen molar-refractivity contribution >= 4 is 10.1 Å². The van der Waals surface area contributed by atoms with Crippen molar-refractivity contribution in [2.75, 3.05) is 6.26 Å². The molecule has 0 spiro atoms. The highest BCUT2D eigenvalue weighted by Gasteiger charge is 2.41. The van der Waals surface area contributed by atoms with Gasteiger partial charge in [-0.1, -0.05) is 32.3 Å². The number of rotatable bonds is 8. The topological polar surface area (TPSA) is 43.4 Å². The molecule has 0 aliphatic rings. The molecule has 0 N–H and O–H groups in total. The summed E-state index contributed by atoms with van der Waals surface area (Å²) in [4.78, 5) is 0. The highest BCUT2D eigenvalue weighted by atomic mass is 32.2. The Hall–Kier alpha value is -0.560. The van der Waals surface area contributed by atoms with Gasteiger partial charge in [0.15, 0.2) is 6.10 Å². The molecule has 18 heavy (non-hydrogen) atoms. The van der Waals surface area contributed by atoms with Gasteiger partial charge in [-0.3, -0.25) is 4.18 Å². The van der Waals surface area contributed by atoms with Crippen LogP contribution in [0, 0.1) is 0 Å². The van der Waals surface area contributed by atoms with Crippen LogP contribution in [0.15, 0.2) is 12.2 Å². The fraction of sp³-hybridized carbons (Fsp3) is 0.818. The molecule has 7 heteroatoms. The smallest absolute Gasteiger partial charge is 0.253 e. The van der Waals surface area contributed by atoms with E-state index in [1.54, 1.807) is 0 Å². The summed E-state index contributed by atoms with van der Waals surface area (Å²) in [5.41, 5.74) is 0. The Morgan fingerprint density at radius 3 is 2.28 bits per heavy atom. The Morgan fingerprint density at radius 2 is 1.83 bits per heavy atom. The van der Waals surface area contributed by atoms with E-state index >= 15 is 0 Å². The van der Waals surface area contributed by atoms with Crippen molar-refractivity contribution in [1.29, 1.82) is 0 Å². The minimum atomic E-state index is -4.72. The molecule has 0 aromatic heterocycles. The zero-order valence-corrected chi connectivity index (χ0v) is 11.4. The van der Waals surface area contributed by atoms with Crippen LogP contribution in [0.2, 0.25) is 0 Å². The molecular weight excluding hydrogens is 269 g/mol. The number of hydrogen-bond acceptors (Lipinski definition) is 3. The van der Waals surface area contributed by atoms with Crippen LogP contribution in [0.25, 0.3) is 0 Å². The van der Waals surface area contributed by atoms with E-state index in [0.29, 0.717) is 12.7 Å². The molecule has 0 saturated heterocycles. The third-order valence-corrected chi connectivity index (χ3v) is 2.69. The van der Waals surface area contributed by atoms with E-state index in [-0.39, 0.29) is 0 Å². The Morgan fingerprint density at radius 1 is 1.22 bits per heavy atom. The lowest BCUT2D eigenvalue weighted by Gasteiger charge is -2.15. The van der Waals surface area contributed by atoms with Crippen molar-refractivity contribution < 1.29 is 25.8 Å². The van der Waals surface area contributed by atoms with Gasteiger partial charge in [0.05, 0.1) is 6.26 Å². The monoisotopic (exact) mass is 288 g/mol. The number of allylic oxidation sites excluding steroid dienone is 1. The zero-order chi connectivity index (χ0) is 14.2. The molecule has 0 aliphatic carbocycles. The van der Waals surface area contributed by atoms with Crippen LogP contribution in [0.4, 0.5) is 13.2 Å². The molecule has 0 unspecified atom stereocenters. The molecule has 0 radical (unpaired) electrons. The molecule has 1 atom stereocenters. The third-order valence-electron chi connectivity index (χ3n) is 2.14. The average Bonchev–Trinajstić information content (AvgIpc) is 2.18. The average molecular weight is 288 g/mol. The lowest BCUT2D eigenvalue weighted by molar-refractivity contribution is -0.178. The first-order valence-corrected chi connectivity index (χ1v) is 7.60. The second-order valence-electron chi connectivity index (χ2n) is 4.04. The molecule has 0 amide bonds. The number of hydrogen-bond donors (Lipinski definition) is 0. The summed E-state index contributed by atoms with van der Waals surface area (Å²) < 4.78 is 62.7. The second-order valence-corrected chi connectivity index (χ2v) is 5.64. The van der Waals surface area contributed by atoms with E-state index in [0.717, 1.165) is 31.8 Å². The van der Waals surface area contributed by atoms with E-state index in [1.807, 2.05) is 6.92 Å². The van der Waals surface area contributed by atoms with Gasteiger partial charge < -0.3 is 0 Å². The van der Waals surface area contributed by atoms with Gasteiger partial charge in [-0.2, -0.15) is 21.6 Å². The van der Waals surface area contributed by atoms with E-state index in [1.165, 1.54) is 6.08 Å².